The average molecular weight is 183 g/mol. The van der Waals surface area contributed by atoms with Gasteiger partial charge in [-0.25, -0.2) is 0 Å². The van der Waals surface area contributed by atoms with Crippen molar-refractivity contribution >= 4 is 11.6 Å². The van der Waals surface area contributed by atoms with E-state index in [0.29, 0.717) is 5.92 Å². The minimum absolute atomic E-state index is 0.587. The molecular weight excluding hydrogens is 168 g/mol. The number of rotatable bonds is 3. The lowest BCUT2D eigenvalue weighted by Gasteiger charge is -2.11. The fourth-order valence-electron chi connectivity index (χ4n) is 1.46. The molecule has 1 aromatic rings. The Morgan fingerprint density at radius 2 is 2.00 bits per heavy atom. The molecule has 0 radical (unpaired) electrons. The van der Waals surface area contributed by atoms with Gasteiger partial charge >= 0.3 is 0 Å². The van der Waals surface area contributed by atoms with E-state index in [9.17, 15) is 0 Å². The smallest absolute Gasteiger partial charge is 0.0440 e. The van der Waals surface area contributed by atoms with Gasteiger partial charge in [0.05, 0.1) is 0 Å². The molecule has 66 valence electrons. The summed E-state index contributed by atoms with van der Waals surface area (Å²) in [6, 6.07) is 8.10. The van der Waals surface area contributed by atoms with Crippen LogP contribution in [-0.2, 0) is 0 Å². The van der Waals surface area contributed by atoms with Gasteiger partial charge in [0.1, 0.15) is 0 Å². The summed E-state index contributed by atoms with van der Waals surface area (Å²) in [4.78, 5) is 0. The summed E-state index contributed by atoms with van der Waals surface area (Å²) in [5.74, 6) is 0.587. The van der Waals surface area contributed by atoms with E-state index in [4.69, 9.17) is 11.6 Å². The van der Waals surface area contributed by atoms with Crippen molar-refractivity contribution in [2.24, 2.45) is 0 Å². The standard InChI is InChI=1S/C11H15Cl/c1-3-6-9(2)10-7-4-5-8-11(10)12/h4-5,7-9H,3,6H2,1-2H3/t9-/m1/s1. The van der Waals surface area contributed by atoms with Crippen LogP contribution in [0.5, 0.6) is 0 Å². The van der Waals surface area contributed by atoms with Crippen molar-refractivity contribution in [3.8, 4) is 0 Å². The van der Waals surface area contributed by atoms with Crippen LogP contribution in [-0.4, -0.2) is 0 Å². The van der Waals surface area contributed by atoms with Gasteiger partial charge in [-0.05, 0) is 24.0 Å². The van der Waals surface area contributed by atoms with E-state index in [0.717, 1.165) is 5.02 Å². The largest absolute Gasteiger partial charge is 0.0840 e. The molecule has 0 aliphatic rings. The highest BCUT2D eigenvalue weighted by molar-refractivity contribution is 6.31. The monoisotopic (exact) mass is 182 g/mol. The van der Waals surface area contributed by atoms with E-state index in [1.54, 1.807) is 0 Å². The maximum Gasteiger partial charge on any atom is 0.0440 e. The first-order valence-corrected chi connectivity index (χ1v) is 4.88. The Morgan fingerprint density at radius 3 is 2.58 bits per heavy atom. The van der Waals surface area contributed by atoms with Crippen LogP contribution in [0.3, 0.4) is 0 Å². The van der Waals surface area contributed by atoms with Crippen LogP contribution in [0, 0.1) is 0 Å². The normalized spacial score (nSPS) is 12.9. The molecule has 12 heavy (non-hydrogen) atoms. The maximum atomic E-state index is 6.05. The molecule has 0 saturated carbocycles. The molecule has 0 aromatic heterocycles. The van der Waals surface area contributed by atoms with Crippen molar-refractivity contribution in [2.75, 3.05) is 0 Å². The van der Waals surface area contributed by atoms with Crippen LogP contribution in [0.25, 0.3) is 0 Å². The van der Waals surface area contributed by atoms with Gasteiger partial charge in [0.25, 0.3) is 0 Å². The third-order valence-corrected chi connectivity index (χ3v) is 2.50. The Balaban J connectivity index is 2.79. The summed E-state index contributed by atoms with van der Waals surface area (Å²) in [5.41, 5.74) is 1.28. The Kier molecular flexibility index (Phi) is 3.61. The van der Waals surface area contributed by atoms with Gasteiger partial charge in [-0.3, -0.25) is 0 Å². The molecule has 1 atom stereocenters. The predicted octanol–water partition coefficient (Wildman–Crippen LogP) is 4.24. The molecule has 0 unspecified atom stereocenters. The quantitative estimate of drug-likeness (QED) is 0.656. The van der Waals surface area contributed by atoms with Crippen LogP contribution in [0.4, 0.5) is 0 Å². The number of benzene rings is 1. The third kappa shape index (κ3) is 2.25. The Bertz CT molecular complexity index is 243. The first-order valence-electron chi connectivity index (χ1n) is 4.50. The zero-order chi connectivity index (χ0) is 8.97. The van der Waals surface area contributed by atoms with E-state index in [-0.39, 0.29) is 0 Å². The van der Waals surface area contributed by atoms with Crippen molar-refractivity contribution in [1.82, 2.24) is 0 Å². The lowest BCUT2D eigenvalue weighted by Crippen LogP contribution is -1.93. The second-order valence-electron chi connectivity index (χ2n) is 3.21. The highest BCUT2D eigenvalue weighted by atomic mass is 35.5. The molecule has 0 N–H and O–H groups in total. The molecule has 0 amide bonds. The number of halogens is 1. The molecule has 0 aliphatic heterocycles. The van der Waals surface area contributed by atoms with E-state index < -0.39 is 0 Å². The van der Waals surface area contributed by atoms with Crippen LogP contribution < -0.4 is 0 Å². The summed E-state index contributed by atoms with van der Waals surface area (Å²) in [6.45, 7) is 4.43. The van der Waals surface area contributed by atoms with Gasteiger partial charge in [-0.15, -0.1) is 0 Å². The number of hydrogen-bond donors (Lipinski definition) is 0. The SMILES string of the molecule is CCC[C@@H](C)c1ccccc1Cl. The summed E-state index contributed by atoms with van der Waals surface area (Å²) < 4.78 is 0. The molecule has 1 rings (SSSR count). The van der Waals surface area contributed by atoms with E-state index in [1.807, 2.05) is 18.2 Å². The lowest BCUT2D eigenvalue weighted by atomic mass is 9.97. The molecule has 0 spiro atoms. The van der Waals surface area contributed by atoms with E-state index in [2.05, 4.69) is 19.9 Å². The summed E-state index contributed by atoms with van der Waals surface area (Å²) in [7, 11) is 0. The first kappa shape index (κ1) is 9.60. The first-order chi connectivity index (χ1) is 5.75. The summed E-state index contributed by atoms with van der Waals surface area (Å²) >= 11 is 6.05. The Labute approximate surface area is 79.6 Å². The molecular formula is C11H15Cl. The van der Waals surface area contributed by atoms with Gasteiger partial charge < -0.3 is 0 Å². The molecule has 0 saturated heterocycles. The highest BCUT2D eigenvalue weighted by Crippen LogP contribution is 2.26. The van der Waals surface area contributed by atoms with Gasteiger partial charge in [-0.1, -0.05) is 50.1 Å². The second kappa shape index (κ2) is 4.51. The zero-order valence-corrected chi connectivity index (χ0v) is 8.43. The van der Waals surface area contributed by atoms with Gasteiger partial charge in [0.2, 0.25) is 0 Å². The molecule has 0 aliphatic carbocycles. The van der Waals surface area contributed by atoms with Crippen LogP contribution in [0.15, 0.2) is 24.3 Å². The molecule has 0 heterocycles. The maximum absolute atomic E-state index is 6.05. The van der Waals surface area contributed by atoms with Crippen LogP contribution in [0.1, 0.15) is 38.2 Å². The fourth-order valence-corrected chi connectivity index (χ4v) is 1.79. The van der Waals surface area contributed by atoms with Crippen molar-refractivity contribution in [1.29, 1.82) is 0 Å². The minimum atomic E-state index is 0.587. The minimum Gasteiger partial charge on any atom is -0.0840 e. The van der Waals surface area contributed by atoms with E-state index >= 15 is 0 Å². The molecule has 0 bridgehead atoms. The van der Waals surface area contributed by atoms with Gasteiger partial charge in [0.15, 0.2) is 0 Å². The predicted molar refractivity (Wildman–Crippen MR) is 54.8 cm³/mol. The summed E-state index contributed by atoms with van der Waals surface area (Å²) in [6.07, 6.45) is 2.43. The Morgan fingerprint density at radius 1 is 1.33 bits per heavy atom. The summed E-state index contributed by atoms with van der Waals surface area (Å²) in [5, 5.41) is 0.901. The van der Waals surface area contributed by atoms with Gasteiger partial charge in [0, 0.05) is 5.02 Å². The molecule has 0 fully saturated rings. The van der Waals surface area contributed by atoms with Crippen molar-refractivity contribution in [3.05, 3.63) is 34.9 Å². The topological polar surface area (TPSA) is 0 Å². The van der Waals surface area contributed by atoms with E-state index in [1.165, 1.54) is 18.4 Å². The third-order valence-electron chi connectivity index (χ3n) is 2.16. The van der Waals surface area contributed by atoms with Crippen molar-refractivity contribution in [3.63, 3.8) is 0 Å². The Hall–Kier alpha value is -0.490. The van der Waals surface area contributed by atoms with Crippen molar-refractivity contribution in [2.45, 2.75) is 32.6 Å². The molecule has 1 heteroatoms. The van der Waals surface area contributed by atoms with Gasteiger partial charge in [-0.2, -0.15) is 0 Å². The molecule has 1 aromatic carbocycles. The lowest BCUT2D eigenvalue weighted by molar-refractivity contribution is 0.665. The highest BCUT2D eigenvalue weighted by Gasteiger charge is 2.06. The molecule has 0 nitrogen and oxygen atoms in total. The number of hydrogen-bond acceptors (Lipinski definition) is 0. The van der Waals surface area contributed by atoms with Crippen molar-refractivity contribution < 1.29 is 0 Å². The average Bonchev–Trinajstić information content (AvgIpc) is 2.05. The van der Waals surface area contributed by atoms with Crippen LogP contribution >= 0.6 is 11.6 Å². The zero-order valence-electron chi connectivity index (χ0n) is 7.68. The fraction of sp³-hybridized carbons (Fsp3) is 0.455. The second-order valence-corrected chi connectivity index (χ2v) is 3.62. The van der Waals surface area contributed by atoms with Crippen LogP contribution in [0.2, 0.25) is 5.02 Å².